The molecule has 7 nitrogen and oxygen atoms in total. The maximum Gasteiger partial charge on any atom is 0.405 e. The highest BCUT2D eigenvalue weighted by molar-refractivity contribution is 5.65. The molecule has 0 saturated carbocycles. The van der Waals surface area contributed by atoms with E-state index in [0.29, 0.717) is 30.1 Å². The van der Waals surface area contributed by atoms with E-state index in [9.17, 15) is 14.3 Å². The van der Waals surface area contributed by atoms with Crippen molar-refractivity contribution in [2.75, 3.05) is 13.1 Å². The summed E-state index contributed by atoms with van der Waals surface area (Å²) in [6, 6.07) is 18.0. The first-order chi connectivity index (χ1) is 18.9. The van der Waals surface area contributed by atoms with Gasteiger partial charge in [0.1, 0.15) is 11.6 Å². The molecule has 0 spiro atoms. The Labute approximate surface area is 229 Å². The molecule has 206 valence electrons. The van der Waals surface area contributed by atoms with Crippen molar-refractivity contribution in [1.82, 2.24) is 24.7 Å². The summed E-state index contributed by atoms with van der Waals surface area (Å²) in [5.41, 5.74) is 4.69. The van der Waals surface area contributed by atoms with Gasteiger partial charge in [-0.3, -0.25) is 9.80 Å². The molecule has 0 aliphatic carbocycles. The van der Waals surface area contributed by atoms with E-state index in [-0.39, 0.29) is 5.82 Å². The van der Waals surface area contributed by atoms with Gasteiger partial charge in [0.25, 0.3) is 0 Å². The van der Waals surface area contributed by atoms with E-state index in [1.807, 2.05) is 0 Å². The van der Waals surface area contributed by atoms with Crippen LogP contribution < -0.4 is 5.32 Å². The quantitative estimate of drug-likeness (QED) is 0.404. The fourth-order valence-electron chi connectivity index (χ4n) is 7.35. The molecular weight excluding hydrogens is 493 g/mol. The fourth-order valence-corrected chi connectivity index (χ4v) is 7.35. The molecule has 3 aromatic rings. The van der Waals surface area contributed by atoms with Crippen LogP contribution in [0.2, 0.25) is 0 Å². The Morgan fingerprint density at radius 2 is 1.87 bits per heavy atom. The van der Waals surface area contributed by atoms with E-state index in [4.69, 9.17) is 4.98 Å². The van der Waals surface area contributed by atoms with E-state index in [1.165, 1.54) is 41.9 Å². The van der Waals surface area contributed by atoms with Gasteiger partial charge < -0.3 is 15.0 Å². The zero-order chi connectivity index (χ0) is 26.9. The largest absolute Gasteiger partial charge is 0.465 e. The third kappa shape index (κ3) is 5.58. The number of aromatic nitrogens is 2. The summed E-state index contributed by atoms with van der Waals surface area (Å²) >= 11 is 0. The highest BCUT2D eigenvalue weighted by Gasteiger charge is 2.42. The van der Waals surface area contributed by atoms with Crippen LogP contribution >= 0.6 is 0 Å². The third-order valence-corrected chi connectivity index (χ3v) is 9.01. The summed E-state index contributed by atoms with van der Waals surface area (Å²) in [5, 5.41) is 12.0. The molecule has 3 aliphatic rings. The maximum atomic E-state index is 13.8. The Balaban J connectivity index is 1.12. The number of nitrogens with zero attached hydrogens (tertiary/aromatic N) is 4. The van der Waals surface area contributed by atoms with Crippen LogP contribution in [0.1, 0.15) is 72.5 Å². The molecule has 0 radical (unpaired) electrons. The SMILES string of the molecule is Cc1nc2c(n1C1CC3CCC(C1)N3CC[C@H](NC(=O)O)c1cccc(F)c1)CCN(Cc1ccccc1)C2. The number of imidazole rings is 1. The van der Waals surface area contributed by atoms with Crippen LogP contribution in [0.4, 0.5) is 9.18 Å². The van der Waals surface area contributed by atoms with Crippen molar-refractivity contribution in [3.63, 3.8) is 0 Å². The Morgan fingerprint density at radius 1 is 1.10 bits per heavy atom. The number of hydrogen-bond donors (Lipinski definition) is 2. The normalized spacial score (nSPS) is 23.9. The molecule has 3 aliphatic heterocycles. The van der Waals surface area contributed by atoms with Crippen molar-refractivity contribution < 1.29 is 14.3 Å². The van der Waals surface area contributed by atoms with Crippen molar-refractivity contribution in [3.05, 3.63) is 88.8 Å². The predicted molar refractivity (Wildman–Crippen MR) is 148 cm³/mol. The van der Waals surface area contributed by atoms with Gasteiger partial charge in [0, 0.05) is 56.4 Å². The minimum Gasteiger partial charge on any atom is -0.465 e. The summed E-state index contributed by atoms with van der Waals surface area (Å²) in [6.45, 7) is 5.88. The van der Waals surface area contributed by atoms with Crippen LogP contribution in [0, 0.1) is 12.7 Å². The zero-order valence-electron chi connectivity index (χ0n) is 22.6. The van der Waals surface area contributed by atoms with Gasteiger partial charge >= 0.3 is 6.09 Å². The highest BCUT2D eigenvalue weighted by atomic mass is 19.1. The van der Waals surface area contributed by atoms with Crippen LogP contribution in [-0.2, 0) is 19.5 Å². The van der Waals surface area contributed by atoms with Crippen molar-refractivity contribution in [1.29, 1.82) is 0 Å². The van der Waals surface area contributed by atoms with E-state index in [1.54, 1.807) is 12.1 Å². The number of halogens is 1. The number of benzene rings is 2. The Kier molecular flexibility index (Phi) is 7.40. The van der Waals surface area contributed by atoms with Crippen LogP contribution in [0.25, 0.3) is 0 Å². The second-order valence-corrected chi connectivity index (χ2v) is 11.5. The van der Waals surface area contributed by atoms with E-state index >= 15 is 0 Å². The van der Waals surface area contributed by atoms with Gasteiger partial charge in [-0.15, -0.1) is 0 Å². The average Bonchev–Trinajstić information content (AvgIpc) is 3.36. The van der Waals surface area contributed by atoms with Gasteiger partial charge in [-0.1, -0.05) is 42.5 Å². The van der Waals surface area contributed by atoms with Gasteiger partial charge in [0.2, 0.25) is 0 Å². The van der Waals surface area contributed by atoms with E-state index < -0.39 is 12.1 Å². The number of carbonyl (C=O) groups is 1. The molecule has 2 N–H and O–H groups in total. The molecule has 1 amide bonds. The number of fused-ring (bicyclic) bond motifs is 3. The molecule has 6 rings (SSSR count). The molecule has 2 aromatic carbocycles. The molecule has 2 unspecified atom stereocenters. The smallest absolute Gasteiger partial charge is 0.405 e. The van der Waals surface area contributed by atoms with Crippen LogP contribution in [-0.4, -0.2) is 55.7 Å². The average molecular weight is 532 g/mol. The second-order valence-electron chi connectivity index (χ2n) is 11.5. The topological polar surface area (TPSA) is 73.6 Å². The van der Waals surface area contributed by atoms with E-state index in [2.05, 4.69) is 56.9 Å². The summed E-state index contributed by atoms with van der Waals surface area (Å²) in [7, 11) is 0. The Morgan fingerprint density at radius 3 is 2.59 bits per heavy atom. The van der Waals surface area contributed by atoms with Crippen LogP contribution in [0.3, 0.4) is 0 Å². The third-order valence-electron chi connectivity index (χ3n) is 9.01. The number of nitrogens with one attached hydrogen (secondary N) is 1. The Bertz CT molecular complexity index is 1300. The lowest BCUT2D eigenvalue weighted by atomic mass is 9.94. The number of carboxylic acid groups (broad SMARTS) is 1. The molecule has 3 atom stereocenters. The predicted octanol–water partition coefficient (Wildman–Crippen LogP) is 5.46. The summed E-state index contributed by atoms with van der Waals surface area (Å²) < 4.78 is 16.4. The van der Waals surface area contributed by atoms with Crippen molar-refractivity contribution in [2.45, 2.75) is 82.7 Å². The van der Waals surface area contributed by atoms with Gasteiger partial charge in [-0.05, 0) is 62.3 Å². The van der Waals surface area contributed by atoms with Gasteiger partial charge in [0.05, 0.1) is 11.7 Å². The molecule has 2 saturated heterocycles. The number of aryl methyl sites for hydroxylation is 1. The molecule has 39 heavy (non-hydrogen) atoms. The fraction of sp³-hybridized carbons (Fsp3) is 0.484. The summed E-state index contributed by atoms with van der Waals surface area (Å²) in [6.07, 6.45) is 5.15. The minimum atomic E-state index is -1.08. The first-order valence-electron chi connectivity index (χ1n) is 14.3. The summed E-state index contributed by atoms with van der Waals surface area (Å²) in [4.78, 5) is 21.6. The molecular formula is C31H38FN5O2. The first-order valence-corrected chi connectivity index (χ1v) is 14.3. The molecule has 1 aromatic heterocycles. The van der Waals surface area contributed by atoms with Gasteiger partial charge in [-0.2, -0.15) is 0 Å². The molecule has 2 fully saturated rings. The van der Waals surface area contributed by atoms with Gasteiger partial charge in [0.15, 0.2) is 0 Å². The van der Waals surface area contributed by atoms with Crippen molar-refractivity contribution in [3.8, 4) is 0 Å². The second kappa shape index (κ2) is 11.1. The number of hydrogen-bond acceptors (Lipinski definition) is 4. The molecule has 8 heteroatoms. The van der Waals surface area contributed by atoms with Crippen LogP contribution in [0.15, 0.2) is 54.6 Å². The maximum absolute atomic E-state index is 13.8. The molecule has 4 heterocycles. The Hall–Kier alpha value is -3.23. The summed E-state index contributed by atoms with van der Waals surface area (Å²) in [5.74, 6) is 0.795. The minimum absolute atomic E-state index is 0.340. The van der Waals surface area contributed by atoms with Crippen molar-refractivity contribution >= 4 is 6.09 Å². The lowest BCUT2D eigenvalue weighted by Crippen LogP contribution is -2.45. The highest BCUT2D eigenvalue weighted by Crippen LogP contribution is 2.43. The lowest BCUT2D eigenvalue weighted by Gasteiger charge is -2.41. The molecule has 2 bridgehead atoms. The standard InChI is InChI=1S/C31H38FN5O2/c1-21-33-29-20-35(19-22-6-3-2-4-7-22)14-13-30(29)37(21)27-17-25-10-11-26(18-27)36(25)15-12-28(34-31(38)39)23-8-5-9-24(32)16-23/h2-9,16,25-28,34H,10-15,17-20H2,1H3,(H,38,39)/t25?,26?,27?,28-/m0/s1. The van der Waals surface area contributed by atoms with Gasteiger partial charge in [-0.25, -0.2) is 14.2 Å². The first kappa shape index (κ1) is 26.0. The number of rotatable bonds is 8. The van der Waals surface area contributed by atoms with E-state index in [0.717, 1.165) is 51.3 Å². The number of piperidine rings is 1. The monoisotopic (exact) mass is 531 g/mol. The zero-order valence-corrected chi connectivity index (χ0v) is 22.6. The lowest BCUT2D eigenvalue weighted by molar-refractivity contribution is 0.0992. The van der Waals surface area contributed by atoms with Crippen LogP contribution in [0.5, 0.6) is 0 Å². The number of amides is 1. The van der Waals surface area contributed by atoms with Crippen molar-refractivity contribution in [2.24, 2.45) is 0 Å².